The number of benzene rings is 4. The van der Waals surface area contributed by atoms with Crippen molar-refractivity contribution < 1.29 is 28.2 Å². The fourth-order valence-electron chi connectivity index (χ4n) is 5.60. The third-order valence-corrected chi connectivity index (χ3v) is 7.57. The molecule has 0 aromatic heterocycles. The van der Waals surface area contributed by atoms with Crippen molar-refractivity contribution in [2.24, 2.45) is 0 Å². The molecule has 4 aromatic carbocycles. The number of rotatable bonds is 4. The van der Waals surface area contributed by atoms with Crippen LogP contribution in [-0.2, 0) is 16.8 Å². The van der Waals surface area contributed by atoms with Gasteiger partial charge in [-0.3, -0.25) is 9.59 Å². The Kier molecular flexibility index (Phi) is 5.25. The van der Waals surface area contributed by atoms with Gasteiger partial charge in [-0.1, -0.05) is 36.4 Å². The van der Waals surface area contributed by atoms with Crippen molar-refractivity contribution in [3.63, 3.8) is 0 Å². The molecule has 1 atom stereocenters. The van der Waals surface area contributed by atoms with Crippen LogP contribution < -0.4 is 24.4 Å². The first kappa shape index (κ1) is 23.7. The Labute approximate surface area is 228 Å². The molecule has 40 heavy (non-hydrogen) atoms. The highest BCUT2D eigenvalue weighted by atomic mass is 19.1. The number of carbonyl (C=O) groups excluding carboxylic acids is 2. The van der Waals surface area contributed by atoms with E-state index < -0.39 is 17.1 Å². The highest BCUT2D eigenvalue weighted by Gasteiger charge is 2.57. The zero-order chi connectivity index (χ0) is 27.4. The second kappa shape index (κ2) is 8.85. The van der Waals surface area contributed by atoms with Crippen LogP contribution in [0.25, 0.3) is 0 Å². The minimum absolute atomic E-state index is 0.0339. The van der Waals surface area contributed by atoms with Crippen molar-refractivity contribution in [2.75, 3.05) is 23.6 Å². The molecule has 1 spiro atoms. The van der Waals surface area contributed by atoms with Gasteiger partial charge in [0.2, 0.25) is 12.7 Å². The van der Waals surface area contributed by atoms with E-state index in [9.17, 15) is 19.2 Å². The van der Waals surface area contributed by atoms with E-state index in [-0.39, 0.29) is 42.7 Å². The van der Waals surface area contributed by atoms with Crippen molar-refractivity contribution in [3.8, 4) is 23.3 Å². The van der Waals surface area contributed by atoms with Crippen LogP contribution in [0.5, 0.6) is 17.2 Å². The lowest BCUT2D eigenvalue weighted by Crippen LogP contribution is -2.42. The normalized spacial score (nSPS) is 17.8. The summed E-state index contributed by atoms with van der Waals surface area (Å²) in [5, 5.41) is 11.7. The SMILES string of the molecule is N#Cc1cccc(F)c1NC(=O)c1ccc(CN2C(=O)C3(COc4cc5c(cc43)OCO5)c3ccccc32)cc1. The van der Waals surface area contributed by atoms with Crippen molar-refractivity contribution >= 4 is 23.2 Å². The number of fused-ring (bicyclic) bond motifs is 5. The van der Waals surface area contributed by atoms with Gasteiger partial charge in [-0.2, -0.15) is 5.26 Å². The van der Waals surface area contributed by atoms with Crippen molar-refractivity contribution in [3.05, 3.63) is 112 Å². The molecule has 0 saturated carbocycles. The first-order valence-corrected chi connectivity index (χ1v) is 12.6. The third-order valence-electron chi connectivity index (χ3n) is 7.57. The Balaban J connectivity index is 1.17. The molecule has 0 radical (unpaired) electrons. The van der Waals surface area contributed by atoms with E-state index in [0.29, 0.717) is 17.2 Å². The zero-order valence-corrected chi connectivity index (χ0v) is 20.9. The molecule has 196 valence electrons. The summed E-state index contributed by atoms with van der Waals surface area (Å²) in [7, 11) is 0. The number of amides is 2. The topological polar surface area (TPSA) is 101 Å². The fourth-order valence-corrected chi connectivity index (χ4v) is 5.60. The van der Waals surface area contributed by atoms with Crippen LogP contribution in [0, 0.1) is 17.1 Å². The van der Waals surface area contributed by atoms with Gasteiger partial charge in [0, 0.05) is 22.9 Å². The molecule has 1 N–H and O–H groups in total. The van der Waals surface area contributed by atoms with Gasteiger partial charge >= 0.3 is 0 Å². The van der Waals surface area contributed by atoms with Gasteiger partial charge in [0.15, 0.2) is 11.5 Å². The summed E-state index contributed by atoms with van der Waals surface area (Å²) in [4.78, 5) is 28.7. The first-order valence-electron chi connectivity index (χ1n) is 12.6. The minimum Gasteiger partial charge on any atom is -0.491 e. The minimum atomic E-state index is -1.01. The second-order valence-electron chi connectivity index (χ2n) is 9.73. The molecule has 1 unspecified atom stereocenters. The van der Waals surface area contributed by atoms with Crippen LogP contribution in [0.15, 0.2) is 78.9 Å². The number of para-hydroxylation sites is 2. The molecule has 9 heteroatoms. The predicted molar refractivity (Wildman–Crippen MR) is 142 cm³/mol. The monoisotopic (exact) mass is 533 g/mol. The molecule has 0 aliphatic carbocycles. The van der Waals surface area contributed by atoms with Crippen LogP contribution in [0.3, 0.4) is 0 Å². The Morgan fingerprint density at radius 2 is 1.73 bits per heavy atom. The standard InChI is InChI=1S/C31H20FN3O5/c32-23-6-3-4-20(14-33)28(23)34-29(36)19-10-8-18(9-11-19)15-35-24-7-2-1-5-21(24)31(30(35)37)16-38-25-13-27-26(12-22(25)31)39-17-40-27/h1-13H,15-17H2,(H,34,36). The Bertz CT molecular complexity index is 1760. The lowest BCUT2D eigenvalue weighted by atomic mass is 9.77. The summed E-state index contributed by atoms with van der Waals surface area (Å²) in [6.07, 6.45) is 0. The third kappa shape index (κ3) is 3.43. The van der Waals surface area contributed by atoms with E-state index in [1.54, 1.807) is 35.2 Å². The van der Waals surface area contributed by atoms with Gasteiger partial charge in [-0.15, -0.1) is 0 Å². The van der Waals surface area contributed by atoms with Gasteiger partial charge in [-0.05, 0) is 47.5 Å². The number of nitrogens with zero attached hydrogens (tertiary/aromatic N) is 2. The summed E-state index contributed by atoms with van der Waals surface area (Å²) >= 11 is 0. The molecule has 3 aliphatic heterocycles. The van der Waals surface area contributed by atoms with Gasteiger partial charge in [0.1, 0.15) is 29.7 Å². The molecule has 3 heterocycles. The maximum atomic E-state index is 14.2. The lowest BCUT2D eigenvalue weighted by molar-refractivity contribution is -0.122. The number of ether oxygens (including phenoxy) is 3. The molecule has 2 amide bonds. The average Bonchev–Trinajstić information content (AvgIpc) is 3.65. The summed E-state index contributed by atoms with van der Waals surface area (Å²) in [6, 6.07) is 23.9. The summed E-state index contributed by atoms with van der Waals surface area (Å²) in [5.41, 5.74) is 2.33. The quantitative estimate of drug-likeness (QED) is 0.400. The Hall–Kier alpha value is -5.36. The lowest BCUT2D eigenvalue weighted by Gasteiger charge is -2.23. The number of carbonyl (C=O) groups is 2. The highest BCUT2D eigenvalue weighted by Crippen LogP contribution is 2.55. The summed E-state index contributed by atoms with van der Waals surface area (Å²) in [6.45, 7) is 0.554. The van der Waals surface area contributed by atoms with Crippen LogP contribution in [-0.4, -0.2) is 25.2 Å². The van der Waals surface area contributed by atoms with Crippen LogP contribution in [0.1, 0.15) is 32.6 Å². The number of nitrogens with one attached hydrogen (secondary N) is 1. The molecule has 0 saturated heterocycles. The van der Waals surface area contributed by atoms with Crippen molar-refractivity contribution in [1.29, 1.82) is 5.26 Å². The zero-order valence-electron chi connectivity index (χ0n) is 20.9. The largest absolute Gasteiger partial charge is 0.491 e. The van der Waals surface area contributed by atoms with Crippen molar-refractivity contribution in [2.45, 2.75) is 12.0 Å². The molecule has 4 aromatic rings. The molecular weight excluding hydrogens is 513 g/mol. The Morgan fingerprint density at radius 3 is 2.52 bits per heavy atom. The molecule has 3 aliphatic rings. The number of anilines is 2. The van der Waals surface area contributed by atoms with E-state index in [1.165, 1.54) is 18.2 Å². The fraction of sp³-hybridized carbons (Fsp3) is 0.129. The second-order valence-corrected chi connectivity index (χ2v) is 9.73. The number of hydrogen-bond acceptors (Lipinski definition) is 6. The number of hydrogen-bond donors (Lipinski definition) is 1. The number of halogens is 1. The summed E-state index contributed by atoms with van der Waals surface area (Å²) < 4.78 is 31.3. The van der Waals surface area contributed by atoms with Crippen LogP contribution >= 0.6 is 0 Å². The van der Waals surface area contributed by atoms with Gasteiger partial charge in [-0.25, -0.2) is 4.39 Å². The van der Waals surface area contributed by atoms with E-state index >= 15 is 0 Å². The highest BCUT2D eigenvalue weighted by molar-refractivity contribution is 6.11. The Morgan fingerprint density at radius 1 is 0.950 bits per heavy atom. The molecule has 0 bridgehead atoms. The van der Waals surface area contributed by atoms with E-state index in [2.05, 4.69) is 5.32 Å². The molecule has 8 nitrogen and oxygen atoms in total. The van der Waals surface area contributed by atoms with Crippen LogP contribution in [0.2, 0.25) is 0 Å². The first-order chi connectivity index (χ1) is 19.5. The average molecular weight is 534 g/mol. The van der Waals surface area contributed by atoms with Crippen LogP contribution in [0.4, 0.5) is 15.8 Å². The van der Waals surface area contributed by atoms with Crippen molar-refractivity contribution in [1.82, 2.24) is 0 Å². The van der Waals surface area contributed by atoms with Gasteiger partial charge < -0.3 is 24.4 Å². The van der Waals surface area contributed by atoms with E-state index in [1.807, 2.05) is 36.4 Å². The van der Waals surface area contributed by atoms with Gasteiger partial charge in [0.05, 0.1) is 17.8 Å². The molecule has 0 fully saturated rings. The van der Waals surface area contributed by atoms with Gasteiger partial charge in [0.25, 0.3) is 5.91 Å². The maximum Gasteiger partial charge on any atom is 0.255 e. The maximum absolute atomic E-state index is 14.2. The number of nitriles is 1. The predicted octanol–water partition coefficient (Wildman–Crippen LogP) is 4.90. The summed E-state index contributed by atoms with van der Waals surface area (Å²) in [5.74, 6) is 0.419. The molecule has 7 rings (SSSR count). The van der Waals surface area contributed by atoms with E-state index in [4.69, 9.17) is 14.2 Å². The molecular formula is C31H20FN3O5. The van der Waals surface area contributed by atoms with E-state index in [0.717, 1.165) is 22.4 Å². The smallest absolute Gasteiger partial charge is 0.255 e.